The molecule has 0 spiro atoms. The summed E-state index contributed by atoms with van der Waals surface area (Å²) in [5.74, 6) is -2.89. The number of nitrogens with one attached hydrogen (secondary N) is 1. The maximum Gasteiger partial charge on any atom is 0.299 e. The van der Waals surface area contributed by atoms with Gasteiger partial charge in [0, 0.05) is 49.9 Å². The molecule has 0 aliphatic heterocycles. The van der Waals surface area contributed by atoms with Gasteiger partial charge in [0.1, 0.15) is 17.2 Å². The van der Waals surface area contributed by atoms with E-state index in [0.29, 0.717) is 11.6 Å². The predicted octanol–water partition coefficient (Wildman–Crippen LogP) is 1.53. The number of hydrogen-bond acceptors (Lipinski definition) is 6. The molecular weight excluding hydrogens is 424 g/mol. The van der Waals surface area contributed by atoms with Gasteiger partial charge in [0.2, 0.25) is 5.91 Å². The van der Waals surface area contributed by atoms with Crippen LogP contribution in [0.3, 0.4) is 0 Å². The average molecular weight is 443 g/mol. The third-order valence-electron chi connectivity index (χ3n) is 4.59. The number of pyridine rings is 2. The zero-order chi connectivity index (χ0) is 23.6. The zero-order valence-electron chi connectivity index (χ0n) is 17.1. The molecule has 11 heteroatoms. The van der Waals surface area contributed by atoms with E-state index in [4.69, 9.17) is 5.73 Å². The van der Waals surface area contributed by atoms with Crippen molar-refractivity contribution in [3.8, 4) is 0 Å². The van der Waals surface area contributed by atoms with Gasteiger partial charge in [-0.2, -0.15) is 0 Å². The first-order valence-corrected chi connectivity index (χ1v) is 9.25. The summed E-state index contributed by atoms with van der Waals surface area (Å²) >= 11 is 0. The van der Waals surface area contributed by atoms with Crippen molar-refractivity contribution in [1.29, 1.82) is 0 Å². The topological polar surface area (TPSA) is 131 Å². The van der Waals surface area contributed by atoms with Gasteiger partial charge < -0.3 is 21.2 Å². The molecule has 2 aromatic heterocycles. The van der Waals surface area contributed by atoms with Crippen LogP contribution in [0.5, 0.6) is 0 Å². The van der Waals surface area contributed by atoms with Crippen molar-refractivity contribution in [3.05, 3.63) is 75.2 Å². The lowest BCUT2D eigenvalue weighted by Crippen LogP contribution is -2.34. The minimum Gasteiger partial charge on any atom is -0.423 e. The van der Waals surface area contributed by atoms with Gasteiger partial charge in [0.25, 0.3) is 11.5 Å². The molecule has 9 nitrogen and oxygen atoms in total. The van der Waals surface area contributed by atoms with E-state index < -0.39 is 28.7 Å². The number of rotatable bonds is 5. The number of carbonyl (C=O) groups excluding carboxylic acids is 2. The van der Waals surface area contributed by atoms with Crippen LogP contribution >= 0.6 is 0 Å². The maximum absolute atomic E-state index is 13.8. The Balaban J connectivity index is 1.98. The van der Waals surface area contributed by atoms with E-state index in [1.165, 1.54) is 29.3 Å². The summed E-state index contributed by atoms with van der Waals surface area (Å²) < 4.78 is 27.0. The third kappa shape index (κ3) is 4.41. The molecule has 1 aromatic carbocycles. The standard InChI is InChI=1S/C21H19F2N5O4/c1-27(2)16(29)6-3-11-7-14-18(24)17(21(31)28(32)19(14)25-9-11)20(30)26-10-12-4-5-13(22)8-15(12)23/h3-9,32H,10,24H2,1-2H3,(H,26,30). The summed E-state index contributed by atoms with van der Waals surface area (Å²) in [5.41, 5.74) is 4.31. The SMILES string of the molecule is CN(C)C(=O)C=Cc1cnc2c(c1)c(N)c(C(=O)NCc1ccc(F)cc1F)c(=O)n2O. The minimum atomic E-state index is -1.12. The Morgan fingerprint density at radius 3 is 2.66 bits per heavy atom. The van der Waals surface area contributed by atoms with Crippen molar-refractivity contribution in [2.24, 2.45) is 0 Å². The highest BCUT2D eigenvalue weighted by Gasteiger charge is 2.22. The van der Waals surface area contributed by atoms with Crippen LogP contribution in [0.1, 0.15) is 21.5 Å². The van der Waals surface area contributed by atoms with Crippen LogP contribution in [0.15, 0.2) is 41.3 Å². The van der Waals surface area contributed by atoms with E-state index in [2.05, 4.69) is 10.3 Å². The van der Waals surface area contributed by atoms with Crippen LogP contribution in [0.2, 0.25) is 0 Å². The van der Waals surface area contributed by atoms with Gasteiger partial charge in [-0.05, 0) is 23.8 Å². The van der Waals surface area contributed by atoms with Gasteiger partial charge in [-0.25, -0.2) is 13.8 Å². The lowest BCUT2D eigenvalue weighted by atomic mass is 10.1. The number of nitrogens with two attached hydrogens (primary N) is 1. The fraction of sp³-hybridized carbons (Fsp3) is 0.143. The van der Waals surface area contributed by atoms with Crippen LogP contribution in [-0.2, 0) is 11.3 Å². The van der Waals surface area contributed by atoms with Gasteiger partial charge in [0.05, 0.1) is 5.69 Å². The highest BCUT2D eigenvalue weighted by Crippen LogP contribution is 2.22. The molecule has 166 valence electrons. The number of fused-ring (bicyclic) bond motifs is 1. The van der Waals surface area contributed by atoms with Crippen LogP contribution in [0, 0.1) is 11.6 Å². The lowest BCUT2D eigenvalue weighted by Gasteiger charge is -2.12. The summed E-state index contributed by atoms with van der Waals surface area (Å²) in [6.45, 7) is -0.346. The minimum absolute atomic E-state index is 0.0110. The van der Waals surface area contributed by atoms with E-state index in [-0.39, 0.29) is 39.5 Å². The maximum atomic E-state index is 13.8. The lowest BCUT2D eigenvalue weighted by molar-refractivity contribution is -0.123. The number of anilines is 1. The molecule has 2 heterocycles. The van der Waals surface area contributed by atoms with Gasteiger partial charge in [-0.1, -0.05) is 6.07 Å². The molecule has 32 heavy (non-hydrogen) atoms. The summed E-state index contributed by atoms with van der Waals surface area (Å²) in [4.78, 5) is 42.2. The van der Waals surface area contributed by atoms with Crippen LogP contribution in [0.25, 0.3) is 17.1 Å². The number of nitrogen functional groups attached to an aromatic ring is 1. The van der Waals surface area contributed by atoms with Gasteiger partial charge in [-0.15, -0.1) is 4.73 Å². The average Bonchev–Trinajstić information content (AvgIpc) is 2.75. The molecule has 0 fully saturated rings. The molecular formula is C21H19F2N5O4. The van der Waals surface area contributed by atoms with E-state index in [1.807, 2.05) is 0 Å². The first-order chi connectivity index (χ1) is 15.1. The summed E-state index contributed by atoms with van der Waals surface area (Å²) in [6.07, 6.45) is 4.06. The molecule has 2 amide bonds. The summed E-state index contributed by atoms with van der Waals surface area (Å²) in [5, 5.41) is 12.6. The summed E-state index contributed by atoms with van der Waals surface area (Å²) in [7, 11) is 3.16. The van der Waals surface area contributed by atoms with E-state index in [1.54, 1.807) is 14.1 Å². The Hall–Kier alpha value is -4.28. The molecule has 0 saturated carbocycles. The Labute approximate surface area is 180 Å². The first kappa shape index (κ1) is 22.4. The van der Waals surface area contributed by atoms with Crippen LogP contribution < -0.4 is 16.6 Å². The first-order valence-electron chi connectivity index (χ1n) is 9.25. The molecule has 0 saturated heterocycles. The Bertz CT molecular complexity index is 1320. The summed E-state index contributed by atoms with van der Waals surface area (Å²) in [6, 6.07) is 4.28. The highest BCUT2D eigenvalue weighted by molar-refractivity contribution is 6.06. The Morgan fingerprint density at radius 2 is 2.00 bits per heavy atom. The molecule has 0 bridgehead atoms. The van der Waals surface area contributed by atoms with Crippen molar-refractivity contribution in [1.82, 2.24) is 19.9 Å². The molecule has 3 rings (SSSR count). The smallest absolute Gasteiger partial charge is 0.299 e. The van der Waals surface area contributed by atoms with Gasteiger partial charge >= 0.3 is 0 Å². The molecule has 0 radical (unpaired) electrons. The fourth-order valence-corrected chi connectivity index (χ4v) is 2.85. The molecule has 0 aliphatic carbocycles. The van der Waals surface area contributed by atoms with E-state index >= 15 is 0 Å². The predicted molar refractivity (Wildman–Crippen MR) is 113 cm³/mol. The van der Waals surface area contributed by atoms with Crippen LogP contribution in [0.4, 0.5) is 14.5 Å². The van der Waals surface area contributed by atoms with Gasteiger partial charge in [0.15, 0.2) is 5.65 Å². The fourth-order valence-electron chi connectivity index (χ4n) is 2.85. The van der Waals surface area contributed by atoms with E-state index in [9.17, 15) is 28.4 Å². The molecule has 0 atom stereocenters. The second kappa shape index (κ2) is 8.84. The van der Waals surface area contributed by atoms with Crippen molar-refractivity contribution in [3.63, 3.8) is 0 Å². The van der Waals surface area contributed by atoms with Crippen molar-refractivity contribution in [2.45, 2.75) is 6.54 Å². The van der Waals surface area contributed by atoms with Crippen molar-refractivity contribution >= 4 is 34.6 Å². The van der Waals surface area contributed by atoms with E-state index in [0.717, 1.165) is 12.1 Å². The molecule has 0 aliphatic rings. The number of amides is 2. The third-order valence-corrected chi connectivity index (χ3v) is 4.59. The van der Waals surface area contributed by atoms with Crippen molar-refractivity contribution in [2.75, 3.05) is 19.8 Å². The number of likely N-dealkylation sites (N-methyl/N-ethyl adjacent to an activating group) is 1. The zero-order valence-corrected chi connectivity index (χ0v) is 17.1. The second-order valence-corrected chi connectivity index (χ2v) is 7.03. The Morgan fingerprint density at radius 1 is 1.28 bits per heavy atom. The normalized spacial score (nSPS) is 11.1. The number of halogens is 2. The highest BCUT2D eigenvalue weighted by atomic mass is 19.1. The number of carbonyl (C=O) groups is 2. The Kier molecular flexibility index (Phi) is 6.19. The largest absolute Gasteiger partial charge is 0.423 e. The number of hydrogen-bond donors (Lipinski definition) is 3. The monoisotopic (exact) mass is 443 g/mol. The number of benzene rings is 1. The van der Waals surface area contributed by atoms with Crippen molar-refractivity contribution < 1.29 is 23.6 Å². The molecule has 4 N–H and O–H groups in total. The quantitative estimate of drug-likeness (QED) is 0.405. The molecule has 3 aromatic rings. The molecule has 0 unspecified atom stereocenters. The second-order valence-electron chi connectivity index (χ2n) is 7.03. The number of nitrogens with zero attached hydrogens (tertiary/aromatic N) is 3. The van der Waals surface area contributed by atoms with Crippen LogP contribution in [-0.4, -0.2) is 45.7 Å². The number of aromatic nitrogens is 2. The van der Waals surface area contributed by atoms with Gasteiger partial charge in [-0.3, -0.25) is 14.4 Å².